The third kappa shape index (κ3) is 3.77. The largest absolute Gasteiger partial charge is 0.507 e. The molecule has 0 heterocycles. The standard InChI is InChI=1S/C16H18O6S/c17-5-9-1-13(2-10(6-18)15(9)21)23-14-3-11(7-19)16(22)12(4-14)8-20/h1-4,17-22H,5-8H2. The van der Waals surface area contributed by atoms with Gasteiger partial charge in [0, 0.05) is 32.0 Å². The Bertz CT molecular complexity index is 591. The average molecular weight is 338 g/mol. The number of hydrogen-bond donors (Lipinski definition) is 6. The van der Waals surface area contributed by atoms with Gasteiger partial charge in [-0.25, -0.2) is 0 Å². The summed E-state index contributed by atoms with van der Waals surface area (Å²) < 4.78 is 0. The van der Waals surface area contributed by atoms with Crippen LogP contribution >= 0.6 is 11.8 Å². The first kappa shape index (κ1) is 17.6. The lowest BCUT2D eigenvalue weighted by Gasteiger charge is -2.12. The van der Waals surface area contributed by atoms with Crippen LogP contribution < -0.4 is 0 Å². The number of aliphatic hydroxyl groups is 4. The molecule has 2 aromatic rings. The molecule has 0 aromatic heterocycles. The van der Waals surface area contributed by atoms with Gasteiger partial charge in [0.15, 0.2) is 0 Å². The summed E-state index contributed by atoms with van der Waals surface area (Å²) in [4.78, 5) is 1.32. The van der Waals surface area contributed by atoms with Gasteiger partial charge in [-0.3, -0.25) is 0 Å². The molecule has 124 valence electrons. The maximum Gasteiger partial charge on any atom is 0.126 e. The van der Waals surface area contributed by atoms with Gasteiger partial charge in [0.25, 0.3) is 0 Å². The molecule has 0 amide bonds. The first-order chi connectivity index (χ1) is 11.0. The van der Waals surface area contributed by atoms with Gasteiger partial charge in [0.2, 0.25) is 0 Å². The van der Waals surface area contributed by atoms with Crippen LogP contribution in [0.2, 0.25) is 0 Å². The van der Waals surface area contributed by atoms with Gasteiger partial charge in [0.1, 0.15) is 11.5 Å². The number of phenols is 2. The fraction of sp³-hybridized carbons (Fsp3) is 0.250. The van der Waals surface area contributed by atoms with Crippen molar-refractivity contribution < 1.29 is 30.6 Å². The highest BCUT2D eigenvalue weighted by Gasteiger charge is 2.13. The van der Waals surface area contributed by atoms with E-state index in [-0.39, 0.29) is 37.9 Å². The molecule has 0 aliphatic heterocycles. The molecule has 0 saturated heterocycles. The third-order valence-corrected chi connectivity index (χ3v) is 4.34. The van der Waals surface area contributed by atoms with Crippen molar-refractivity contribution in [1.29, 1.82) is 0 Å². The van der Waals surface area contributed by atoms with Crippen molar-refractivity contribution in [2.75, 3.05) is 0 Å². The maximum atomic E-state index is 9.85. The third-order valence-electron chi connectivity index (χ3n) is 3.40. The molecule has 6 nitrogen and oxygen atoms in total. The molecular weight excluding hydrogens is 320 g/mol. The zero-order valence-corrected chi connectivity index (χ0v) is 13.0. The molecule has 0 aliphatic carbocycles. The van der Waals surface area contributed by atoms with Crippen LogP contribution in [0.15, 0.2) is 34.1 Å². The highest BCUT2D eigenvalue weighted by atomic mass is 32.2. The van der Waals surface area contributed by atoms with Gasteiger partial charge < -0.3 is 30.6 Å². The van der Waals surface area contributed by atoms with E-state index in [0.717, 1.165) is 0 Å². The van der Waals surface area contributed by atoms with Gasteiger partial charge >= 0.3 is 0 Å². The maximum absolute atomic E-state index is 9.85. The van der Waals surface area contributed by atoms with E-state index in [1.807, 2.05) is 0 Å². The summed E-state index contributed by atoms with van der Waals surface area (Å²) >= 11 is 1.26. The highest BCUT2D eigenvalue weighted by Crippen LogP contribution is 2.37. The molecule has 6 N–H and O–H groups in total. The van der Waals surface area contributed by atoms with E-state index in [9.17, 15) is 30.6 Å². The molecule has 0 radical (unpaired) electrons. The van der Waals surface area contributed by atoms with E-state index in [4.69, 9.17) is 0 Å². The Kier molecular flexibility index (Phi) is 5.86. The zero-order chi connectivity index (χ0) is 17.0. The molecule has 0 saturated carbocycles. The van der Waals surface area contributed by atoms with E-state index in [0.29, 0.717) is 32.0 Å². The van der Waals surface area contributed by atoms with E-state index in [1.54, 1.807) is 24.3 Å². The molecule has 0 spiro atoms. The molecule has 23 heavy (non-hydrogen) atoms. The van der Waals surface area contributed by atoms with Gasteiger partial charge in [-0.2, -0.15) is 0 Å². The van der Waals surface area contributed by atoms with Crippen LogP contribution in [0.3, 0.4) is 0 Å². The topological polar surface area (TPSA) is 121 Å². The lowest BCUT2D eigenvalue weighted by Crippen LogP contribution is -1.94. The number of aliphatic hydroxyl groups excluding tert-OH is 4. The summed E-state index contributed by atoms with van der Waals surface area (Å²) in [5.41, 5.74) is 1.18. The second-order valence-corrected chi connectivity index (χ2v) is 6.06. The predicted octanol–water partition coefficient (Wildman–Crippen LogP) is 1.22. The number of aromatic hydroxyl groups is 2. The van der Waals surface area contributed by atoms with Crippen LogP contribution in [-0.2, 0) is 26.4 Å². The van der Waals surface area contributed by atoms with E-state index in [1.165, 1.54) is 11.8 Å². The highest BCUT2D eigenvalue weighted by molar-refractivity contribution is 7.99. The smallest absolute Gasteiger partial charge is 0.126 e. The van der Waals surface area contributed by atoms with Crippen molar-refractivity contribution in [3.63, 3.8) is 0 Å². The van der Waals surface area contributed by atoms with E-state index < -0.39 is 0 Å². The Morgan fingerprint density at radius 1 is 0.565 bits per heavy atom. The van der Waals surface area contributed by atoms with E-state index in [2.05, 4.69) is 0 Å². The van der Waals surface area contributed by atoms with Crippen LogP contribution in [0.1, 0.15) is 22.3 Å². The fourth-order valence-electron chi connectivity index (χ4n) is 2.19. The average Bonchev–Trinajstić information content (AvgIpc) is 2.57. The molecule has 0 atom stereocenters. The monoisotopic (exact) mass is 338 g/mol. The minimum atomic E-state index is -0.368. The summed E-state index contributed by atoms with van der Waals surface area (Å²) in [5.74, 6) is -0.283. The fourth-order valence-corrected chi connectivity index (χ4v) is 3.27. The molecule has 0 aliphatic rings. The zero-order valence-electron chi connectivity index (χ0n) is 12.2. The lowest BCUT2D eigenvalue weighted by molar-refractivity contribution is 0.262. The van der Waals surface area contributed by atoms with Crippen molar-refractivity contribution in [3.05, 3.63) is 46.5 Å². The molecule has 0 fully saturated rings. The first-order valence-electron chi connectivity index (χ1n) is 6.84. The Morgan fingerprint density at radius 3 is 1.04 bits per heavy atom. The summed E-state index contributed by atoms with van der Waals surface area (Å²) in [6.07, 6.45) is 0. The summed E-state index contributed by atoms with van der Waals surface area (Å²) in [6, 6.07) is 6.35. The molecule has 0 bridgehead atoms. The SMILES string of the molecule is OCc1cc(Sc2cc(CO)c(O)c(CO)c2)cc(CO)c1O. The minimum Gasteiger partial charge on any atom is -0.507 e. The summed E-state index contributed by atoms with van der Waals surface area (Å²) in [5, 5.41) is 56.8. The lowest BCUT2D eigenvalue weighted by atomic mass is 10.1. The van der Waals surface area contributed by atoms with Crippen LogP contribution in [-0.4, -0.2) is 30.6 Å². The van der Waals surface area contributed by atoms with Crippen molar-refractivity contribution in [1.82, 2.24) is 0 Å². The van der Waals surface area contributed by atoms with Crippen LogP contribution in [0.4, 0.5) is 0 Å². The van der Waals surface area contributed by atoms with Gasteiger partial charge in [-0.15, -0.1) is 0 Å². The Hall–Kier alpha value is -1.77. The molecule has 7 heteroatoms. The summed E-state index contributed by atoms with van der Waals surface area (Å²) in [7, 11) is 0. The second-order valence-electron chi connectivity index (χ2n) is 4.91. The van der Waals surface area contributed by atoms with Crippen LogP contribution in [0, 0.1) is 0 Å². The van der Waals surface area contributed by atoms with Crippen LogP contribution in [0.5, 0.6) is 11.5 Å². The number of benzene rings is 2. The van der Waals surface area contributed by atoms with E-state index >= 15 is 0 Å². The predicted molar refractivity (Wildman–Crippen MR) is 84.0 cm³/mol. The second kappa shape index (κ2) is 7.67. The summed E-state index contributed by atoms with van der Waals surface area (Å²) in [6.45, 7) is -1.47. The van der Waals surface area contributed by atoms with Gasteiger partial charge in [-0.1, -0.05) is 11.8 Å². The van der Waals surface area contributed by atoms with Crippen molar-refractivity contribution in [3.8, 4) is 11.5 Å². The molecular formula is C16H18O6S. The molecule has 2 rings (SSSR count). The van der Waals surface area contributed by atoms with Gasteiger partial charge in [-0.05, 0) is 24.3 Å². The van der Waals surface area contributed by atoms with Crippen LogP contribution in [0.25, 0.3) is 0 Å². The molecule has 2 aromatic carbocycles. The van der Waals surface area contributed by atoms with Crippen molar-refractivity contribution >= 4 is 11.8 Å². The minimum absolute atomic E-state index is 0.142. The number of rotatable bonds is 6. The Balaban J connectivity index is 2.43. The Morgan fingerprint density at radius 2 is 0.826 bits per heavy atom. The quantitative estimate of drug-likeness (QED) is 0.468. The normalized spacial score (nSPS) is 11.0. The van der Waals surface area contributed by atoms with Crippen molar-refractivity contribution in [2.24, 2.45) is 0 Å². The molecule has 0 unspecified atom stereocenters. The Labute approximate surface area is 137 Å². The number of hydrogen-bond acceptors (Lipinski definition) is 7. The first-order valence-corrected chi connectivity index (χ1v) is 7.66. The van der Waals surface area contributed by atoms with Crippen molar-refractivity contribution in [2.45, 2.75) is 36.2 Å². The van der Waals surface area contributed by atoms with Gasteiger partial charge in [0.05, 0.1) is 26.4 Å².